The van der Waals surface area contributed by atoms with E-state index in [1.165, 1.54) is 22.7 Å². The van der Waals surface area contributed by atoms with Gasteiger partial charge in [0.2, 0.25) is 0 Å². The SMILES string of the molecule is Cc1cc(C)cc(C(NN)c2snnc2C(C)C)c1. The van der Waals surface area contributed by atoms with Gasteiger partial charge in [-0.2, -0.15) is 0 Å². The lowest BCUT2D eigenvalue weighted by molar-refractivity contribution is 0.630. The second-order valence-electron chi connectivity index (χ2n) is 5.20. The minimum atomic E-state index is -0.0454. The van der Waals surface area contributed by atoms with E-state index in [1.807, 2.05) is 0 Å². The van der Waals surface area contributed by atoms with E-state index < -0.39 is 0 Å². The number of nitrogens with one attached hydrogen (secondary N) is 1. The molecule has 1 aromatic carbocycles. The Hall–Kier alpha value is -1.30. The van der Waals surface area contributed by atoms with Crippen LogP contribution in [0.1, 0.15) is 53.1 Å². The van der Waals surface area contributed by atoms with E-state index in [0.717, 1.165) is 16.1 Å². The minimum Gasteiger partial charge on any atom is -0.271 e. The lowest BCUT2D eigenvalue weighted by Gasteiger charge is -2.17. The van der Waals surface area contributed by atoms with Gasteiger partial charge in [0.05, 0.1) is 16.6 Å². The van der Waals surface area contributed by atoms with Crippen LogP contribution in [0.5, 0.6) is 0 Å². The van der Waals surface area contributed by atoms with Crippen molar-refractivity contribution in [2.24, 2.45) is 5.84 Å². The first-order valence-electron chi connectivity index (χ1n) is 6.39. The van der Waals surface area contributed by atoms with E-state index in [0.29, 0.717) is 5.92 Å². The predicted molar refractivity (Wildman–Crippen MR) is 79.1 cm³/mol. The van der Waals surface area contributed by atoms with Gasteiger partial charge in [-0.25, -0.2) is 5.43 Å². The van der Waals surface area contributed by atoms with E-state index in [-0.39, 0.29) is 6.04 Å². The third-order valence-corrected chi connectivity index (χ3v) is 3.90. The van der Waals surface area contributed by atoms with Gasteiger partial charge in [-0.3, -0.25) is 5.84 Å². The largest absolute Gasteiger partial charge is 0.271 e. The zero-order chi connectivity index (χ0) is 14.0. The van der Waals surface area contributed by atoms with Gasteiger partial charge in [-0.05, 0) is 36.9 Å². The Morgan fingerprint density at radius 2 is 1.79 bits per heavy atom. The van der Waals surface area contributed by atoms with Crippen molar-refractivity contribution in [1.29, 1.82) is 0 Å². The second kappa shape index (κ2) is 5.77. The van der Waals surface area contributed by atoms with Crippen molar-refractivity contribution >= 4 is 11.5 Å². The molecular weight excluding hydrogens is 256 g/mol. The highest BCUT2D eigenvalue weighted by Gasteiger charge is 2.22. The quantitative estimate of drug-likeness (QED) is 0.666. The Bertz CT molecular complexity index is 542. The van der Waals surface area contributed by atoms with E-state index >= 15 is 0 Å². The van der Waals surface area contributed by atoms with Crippen LogP contribution in [0.2, 0.25) is 0 Å². The van der Waals surface area contributed by atoms with Crippen LogP contribution in [0.25, 0.3) is 0 Å². The van der Waals surface area contributed by atoms with Gasteiger partial charge in [0.1, 0.15) is 0 Å². The van der Waals surface area contributed by atoms with Gasteiger partial charge in [0.25, 0.3) is 0 Å². The van der Waals surface area contributed by atoms with Crippen molar-refractivity contribution in [2.75, 3.05) is 0 Å². The average molecular weight is 276 g/mol. The number of benzene rings is 1. The van der Waals surface area contributed by atoms with E-state index in [9.17, 15) is 0 Å². The predicted octanol–water partition coefficient (Wildman–Crippen LogP) is 2.83. The summed E-state index contributed by atoms with van der Waals surface area (Å²) >= 11 is 1.41. The summed E-state index contributed by atoms with van der Waals surface area (Å²) in [5, 5.41) is 4.23. The molecular formula is C14H20N4S. The smallest absolute Gasteiger partial charge is 0.0837 e. The van der Waals surface area contributed by atoms with E-state index in [2.05, 4.69) is 60.9 Å². The Kier molecular flexibility index (Phi) is 4.29. The Labute approximate surface area is 118 Å². The molecule has 3 N–H and O–H groups in total. The minimum absolute atomic E-state index is 0.0454. The van der Waals surface area contributed by atoms with Crippen LogP contribution in [0.3, 0.4) is 0 Å². The third-order valence-electron chi connectivity index (χ3n) is 3.09. The molecule has 0 spiro atoms. The molecule has 102 valence electrons. The van der Waals surface area contributed by atoms with E-state index in [1.54, 1.807) is 0 Å². The first kappa shape index (κ1) is 14.1. The maximum atomic E-state index is 5.77. The van der Waals surface area contributed by atoms with Crippen molar-refractivity contribution in [2.45, 2.75) is 39.7 Å². The molecule has 0 radical (unpaired) electrons. The number of hydrazine groups is 1. The number of nitrogens with zero attached hydrogens (tertiary/aromatic N) is 2. The van der Waals surface area contributed by atoms with Crippen molar-refractivity contribution < 1.29 is 0 Å². The molecule has 0 aliphatic rings. The standard InChI is InChI=1S/C14H20N4S/c1-8(2)12-14(19-18-17-12)13(16-15)11-6-9(3)5-10(4)7-11/h5-8,13,16H,15H2,1-4H3. The molecule has 4 nitrogen and oxygen atoms in total. The van der Waals surface area contributed by atoms with Crippen molar-refractivity contribution in [3.05, 3.63) is 45.5 Å². The Balaban J connectivity index is 2.47. The van der Waals surface area contributed by atoms with Crippen molar-refractivity contribution in [3.8, 4) is 0 Å². The fourth-order valence-corrected chi connectivity index (χ4v) is 3.20. The Morgan fingerprint density at radius 1 is 1.16 bits per heavy atom. The maximum absolute atomic E-state index is 5.77. The summed E-state index contributed by atoms with van der Waals surface area (Å²) in [6.45, 7) is 8.43. The summed E-state index contributed by atoms with van der Waals surface area (Å²) < 4.78 is 4.08. The summed E-state index contributed by atoms with van der Waals surface area (Å²) in [5.41, 5.74) is 7.55. The zero-order valence-corrected chi connectivity index (χ0v) is 12.6. The number of hydrogen-bond donors (Lipinski definition) is 2. The monoisotopic (exact) mass is 276 g/mol. The summed E-state index contributed by atoms with van der Waals surface area (Å²) in [6.07, 6.45) is 0. The normalized spacial score (nSPS) is 12.9. The lowest BCUT2D eigenvalue weighted by atomic mass is 9.97. The molecule has 0 saturated heterocycles. The third kappa shape index (κ3) is 3.00. The van der Waals surface area contributed by atoms with Gasteiger partial charge >= 0.3 is 0 Å². The molecule has 5 heteroatoms. The van der Waals surface area contributed by atoms with Gasteiger partial charge in [0.15, 0.2) is 0 Å². The molecule has 0 amide bonds. The summed E-state index contributed by atoms with van der Waals surface area (Å²) in [5.74, 6) is 6.11. The van der Waals surface area contributed by atoms with E-state index in [4.69, 9.17) is 5.84 Å². The van der Waals surface area contributed by atoms with Crippen LogP contribution in [-0.4, -0.2) is 9.59 Å². The summed E-state index contributed by atoms with van der Waals surface area (Å²) in [7, 11) is 0. The van der Waals surface area contributed by atoms with Crippen LogP contribution in [0.15, 0.2) is 18.2 Å². The summed E-state index contributed by atoms with van der Waals surface area (Å²) in [6, 6.07) is 6.42. The molecule has 1 unspecified atom stereocenters. The number of aromatic nitrogens is 2. The first-order valence-corrected chi connectivity index (χ1v) is 7.16. The van der Waals surface area contributed by atoms with Crippen molar-refractivity contribution in [3.63, 3.8) is 0 Å². The van der Waals surface area contributed by atoms with Crippen LogP contribution in [-0.2, 0) is 0 Å². The van der Waals surface area contributed by atoms with Crippen LogP contribution in [0, 0.1) is 13.8 Å². The Morgan fingerprint density at radius 3 is 2.32 bits per heavy atom. The van der Waals surface area contributed by atoms with Crippen LogP contribution in [0.4, 0.5) is 0 Å². The topological polar surface area (TPSA) is 63.8 Å². The molecule has 0 saturated carbocycles. The molecule has 1 atom stereocenters. The highest BCUT2D eigenvalue weighted by Crippen LogP contribution is 2.31. The van der Waals surface area contributed by atoms with Crippen molar-refractivity contribution in [1.82, 2.24) is 15.0 Å². The molecule has 0 aliphatic heterocycles. The lowest BCUT2D eigenvalue weighted by Crippen LogP contribution is -2.29. The van der Waals surface area contributed by atoms with Crippen LogP contribution < -0.4 is 11.3 Å². The second-order valence-corrected chi connectivity index (χ2v) is 5.98. The molecule has 1 aromatic heterocycles. The number of hydrogen-bond acceptors (Lipinski definition) is 5. The molecule has 1 heterocycles. The number of aryl methyl sites for hydroxylation is 2. The van der Waals surface area contributed by atoms with Gasteiger partial charge in [-0.1, -0.05) is 47.7 Å². The fraction of sp³-hybridized carbons (Fsp3) is 0.429. The maximum Gasteiger partial charge on any atom is 0.0837 e. The number of rotatable bonds is 4. The summed E-state index contributed by atoms with van der Waals surface area (Å²) in [4.78, 5) is 1.10. The average Bonchev–Trinajstić information content (AvgIpc) is 2.78. The van der Waals surface area contributed by atoms with Crippen LogP contribution >= 0.6 is 11.5 Å². The molecule has 2 rings (SSSR count). The zero-order valence-electron chi connectivity index (χ0n) is 11.8. The fourth-order valence-electron chi connectivity index (χ4n) is 2.30. The van der Waals surface area contributed by atoms with Gasteiger partial charge in [-0.15, -0.1) is 5.10 Å². The van der Waals surface area contributed by atoms with Gasteiger partial charge in [0, 0.05) is 0 Å². The van der Waals surface area contributed by atoms with Gasteiger partial charge < -0.3 is 0 Å². The highest BCUT2D eigenvalue weighted by atomic mass is 32.1. The molecule has 0 aliphatic carbocycles. The number of nitrogens with two attached hydrogens (primary N) is 1. The molecule has 19 heavy (non-hydrogen) atoms. The molecule has 0 bridgehead atoms. The first-order chi connectivity index (χ1) is 9.02. The molecule has 2 aromatic rings. The highest BCUT2D eigenvalue weighted by molar-refractivity contribution is 7.05. The molecule has 0 fully saturated rings.